The molecule has 6 heteroatoms. The van der Waals surface area contributed by atoms with Gasteiger partial charge in [0, 0.05) is 31.5 Å². The summed E-state index contributed by atoms with van der Waals surface area (Å²) in [7, 11) is 2.12. The van der Waals surface area contributed by atoms with Gasteiger partial charge < -0.3 is 4.74 Å². The number of ether oxygens (including phenoxy) is 1. The van der Waals surface area contributed by atoms with Gasteiger partial charge >= 0.3 is 0 Å². The Labute approximate surface area is 169 Å². The fraction of sp³-hybridized carbons (Fsp3) is 0.304. The Morgan fingerprint density at radius 3 is 2.83 bits per heavy atom. The number of likely N-dealkylation sites (tertiary alicyclic amines) is 1. The van der Waals surface area contributed by atoms with E-state index in [1.807, 2.05) is 18.2 Å². The summed E-state index contributed by atoms with van der Waals surface area (Å²) in [6.07, 6.45) is 4.66. The predicted octanol–water partition coefficient (Wildman–Crippen LogP) is 3.38. The molecule has 29 heavy (non-hydrogen) atoms. The third kappa shape index (κ3) is 3.95. The van der Waals surface area contributed by atoms with Gasteiger partial charge in [-0.1, -0.05) is 36.4 Å². The van der Waals surface area contributed by atoms with Gasteiger partial charge in [0.15, 0.2) is 5.78 Å². The van der Waals surface area contributed by atoms with Crippen LogP contribution in [0.1, 0.15) is 46.8 Å². The van der Waals surface area contributed by atoms with Crippen LogP contribution >= 0.6 is 0 Å². The number of hydroxylamine groups is 1. The van der Waals surface area contributed by atoms with E-state index in [0.717, 1.165) is 19.4 Å². The number of hydrogen-bond acceptors (Lipinski definition) is 5. The van der Waals surface area contributed by atoms with Gasteiger partial charge in [-0.15, -0.1) is 0 Å². The SMILES string of the molecule is CN1CCC2(CC(=O)c3cc(/C=C/C(=O)NO)ccc3O2)CC1c1ccccc1. The number of rotatable bonds is 3. The van der Waals surface area contributed by atoms with E-state index in [0.29, 0.717) is 23.3 Å². The minimum Gasteiger partial charge on any atom is -0.486 e. The molecule has 1 fully saturated rings. The number of nitrogens with zero attached hydrogens (tertiary/aromatic N) is 1. The Morgan fingerprint density at radius 1 is 1.28 bits per heavy atom. The van der Waals surface area contributed by atoms with E-state index in [-0.39, 0.29) is 11.8 Å². The van der Waals surface area contributed by atoms with Crippen molar-refractivity contribution in [2.75, 3.05) is 13.6 Å². The molecule has 1 saturated heterocycles. The van der Waals surface area contributed by atoms with Crippen LogP contribution in [0, 0.1) is 0 Å². The second-order valence-electron chi connectivity index (χ2n) is 7.81. The van der Waals surface area contributed by atoms with Crippen molar-refractivity contribution < 1.29 is 19.5 Å². The molecule has 2 unspecified atom stereocenters. The molecule has 2 atom stereocenters. The van der Waals surface area contributed by atoms with Crippen molar-refractivity contribution in [1.29, 1.82) is 0 Å². The van der Waals surface area contributed by atoms with Crippen LogP contribution in [0.15, 0.2) is 54.6 Å². The summed E-state index contributed by atoms with van der Waals surface area (Å²) in [5.74, 6) is 0.0355. The smallest absolute Gasteiger partial charge is 0.267 e. The summed E-state index contributed by atoms with van der Waals surface area (Å²) >= 11 is 0. The van der Waals surface area contributed by atoms with Gasteiger partial charge in [0.05, 0.1) is 12.0 Å². The van der Waals surface area contributed by atoms with Gasteiger partial charge in [0.25, 0.3) is 5.91 Å². The van der Waals surface area contributed by atoms with Crippen LogP contribution in [0.25, 0.3) is 6.08 Å². The van der Waals surface area contributed by atoms with Crippen molar-refractivity contribution in [3.05, 3.63) is 71.3 Å². The topological polar surface area (TPSA) is 78.9 Å². The molecule has 2 heterocycles. The summed E-state index contributed by atoms with van der Waals surface area (Å²) in [6, 6.07) is 15.9. The Kier molecular flexibility index (Phi) is 5.22. The van der Waals surface area contributed by atoms with Gasteiger partial charge in [-0.25, -0.2) is 5.48 Å². The number of carbonyl (C=O) groups excluding carboxylic acids is 2. The first-order chi connectivity index (χ1) is 14.0. The van der Waals surface area contributed by atoms with E-state index in [1.165, 1.54) is 11.6 Å². The van der Waals surface area contributed by atoms with E-state index < -0.39 is 11.5 Å². The molecule has 0 saturated carbocycles. The number of nitrogens with one attached hydrogen (secondary N) is 1. The van der Waals surface area contributed by atoms with Crippen LogP contribution in [0.3, 0.4) is 0 Å². The Balaban J connectivity index is 1.59. The summed E-state index contributed by atoms with van der Waals surface area (Å²) in [5.41, 5.74) is 3.52. The van der Waals surface area contributed by atoms with E-state index in [9.17, 15) is 9.59 Å². The first kappa shape index (κ1) is 19.4. The van der Waals surface area contributed by atoms with Crippen molar-refractivity contribution in [3.8, 4) is 5.75 Å². The van der Waals surface area contributed by atoms with Crippen molar-refractivity contribution in [2.45, 2.75) is 30.9 Å². The van der Waals surface area contributed by atoms with Crippen LogP contribution < -0.4 is 10.2 Å². The Hall–Kier alpha value is -2.96. The Morgan fingerprint density at radius 2 is 2.07 bits per heavy atom. The second kappa shape index (κ2) is 7.81. The van der Waals surface area contributed by atoms with E-state index in [1.54, 1.807) is 29.8 Å². The fourth-order valence-corrected chi connectivity index (χ4v) is 4.27. The molecule has 0 radical (unpaired) electrons. The number of amides is 1. The predicted molar refractivity (Wildman–Crippen MR) is 109 cm³/mol. The summed E-state index contributed by atoms with van der Waals surface area (Å²) in [5, 5.41) is 8.58. The highest BCUT2D eigenvalue weighted by Crippen LogP contribution is 2.44. The molecule has 150 valence electrons. The molecular formula is C23H24N2O4. The maximum atomic E-state index is 13.0. The summed E-state index contributed by atoms with van der Waals surface area (Å²) in [6.45, 7) is 0.860. The largest absolute Gasteiger partial charge is 0.486 e. The minimum atomic E-state index is -0.623. The lowest BCUT2D eigenvalue weighted by atomic mass is 9.78. The first-order valence-electron chi connectivity index (χ1n) is 9.73. The highest BCUT2D eigenvalue weighted by molar-refractivity contribution is 6.01. The first-order valence-corrected chi connectivity index (χ1v) is 9.73. The molecule has 2 N–H and O–H groups in total. The maximum Gasteiger partial charge on any atom is 0.267 e. The number of carbonyl (C=O) groups is 2. The zero-order valence-electron chi connectivity index (χ0n) is 16.3. The van der Waals surface area contributed by atoms with Crippen molar-refractivity contribution in [2.24, 2.45) is 0 Å². The standard InChI is InChI=1S/C23H24N2O4/c1-25-12-11-23(14-19(25)17-5-3-2-4-6-17)15-20(26)18-13-16(7-9-21(18)29-23)8-10-22(27)24-28/h2-10,13,19,28H,11-12,14-15H2,1H3,(H,24,27)/b10-8+. The highest BCUT2D eigenvalue weighted by atomic mass is 16.5. The van der Waals surface area contributed by atoms with Crippen molar-refractivity contribution in [1.82, 2.24) is 10.4 Å². The van der Waals surface area contributed by atoms with Gasteiger partial charge in [0.1, 0.15) is 11.4 Å². The number of fused-ring (bicyclic) bond motifs is 1. The van der Waals surface area contributed by atoms with Crippen LogP contribution in [0.4, 0.5) is 0 Å². The monoisotopic (exact) mass is 392 g/mol. The molecule has 1 amide bonds. The zero-order chi connectivity index (χ0) is 20.4. The van der Waals surface area contributed by atoms with Gasteiger partial charge in [-0.05, 0) is 36.4 Å². The third-order valence-corrected chi connectivity index (χ3v) is 5.85. The number of piperidine rings is 1. The number of benzene rings is 2. The molecule has 1 spiro atoms. The van der Waals surface area contributed by atoms with Gasteiger partial charge in [0.2, 0.25) is 0 Å². The number of hydrogen-bond donors (Lipinski definition) is 2. The van der Waals surface area contributed by atoms with E-state index >= 15 is 0 Å². The molecule has 0 aliphatic carbocycles. The zero-order valence-corrected chi connectivity index (χ0v) is 16.3. The molecule has 0 aromatic heterocycles. The third-order valence-electron chi connectivity index (χ3n) is 5.85. The van der Waals surface area contributed by atoms with Crippen LogP contribution in [0.2, 0.25) is 0 Å². The number of ketones is 1. The molecule has 6 nitrogen and oxygen atoms in total. The molecule has 2 aliphatic heterocycles. The Bertz CT molecular complexity index is 957. The van der Waals surface area contributed by atoms with Crippen molar-refractivity contribution >= 4 is 17.8 Å². The van der Waals surface area contributed by atoms with Crippen LogP contribution in [-0.4, -0.2) is 41.0 Å². The molecule has 2 aromatic rings. The molecular weight excluding hydrogens is 368 g/mol. The van der Waals surface area contributed by atoms with Crippen LogP contribution in [0.5, 0.6) is 5.75 Å². The summed E-state index contributed by atoms with van der Waals surface area (Å²) < 4.78 is 6.44. The van der Waals surface area contributed by atoms with E-state index in [4.69, 9.17) is 9.94 Å². The van der Waals surface area contributed by atoms with E-state index in [2.05, 4.69) is 24.1 Å². The quantitative estimate of drug-likeness (QED) is 0.476. The van der Waals surface area contributed by atoms with Gasteiger partial charge in [-0.3, -0.25) is 19.7 Å². The molecule has 0 bridgehead atoms. The fourth-order valence-electron chi connectivity index (χ4n) is 4.27. The van der Waals surface area contributed by atoms with Gasteiger partial charge in [-0.2, -0.15) is 0 Å². The molecule has 2 aliphatic rings. The van der Waals surface area contributed by atoms with Crippen LogP contribution in [-0.2, 0) is 4.79 Å². The van der Waals surface area contributed by atoms with Crippen molar-refractivity contribution in [3.63, 3.8) is 0 Å². The molecule has 2 aromatic carbocycles. The summed E-state index contributed by atoms with van der Waals surface area (Å²) in [4.78, 5) is 26.5. The lowest BCUT2D eigenvalue weighted by molar-refractivity contribution is -0.124. The maximum absolute atomic E-state index is 13.0. The lowest BCUT2D eigenvalue weighted by Crippen LogP contribution is -2.51. The average molecular weight is 392 g/mol. The minimum absolute atomic E-state index is 0.0597. The second-order valence-corrected chi connectivity index (χ2v) is 7.81. The average Bonchev–Trinajstić information content (AvgIpc) is 2.75. The number of Topliss-reactive ketones (excluding diaryl/α,β-unsaturated/α-hetero) is 1. The normalized spacial score (nSPS) is 24.3. The molecule has 4 rings (SSSR count). The highest BCUT2D eigenvalue weighted by Gasteiger charge is 2.46. The lowest BCUT2D eigenvalue weighted by Gasteiger charge is -2.47.